The van der Waals surface area contributed by atoms with Gasteiger partial charge in [-0.3, -0.25) is 9.59 Å². The third-order valence-corrected chi connectivity index (χ3v) is 7.18. The van der Waals surface area contributed by atoms with Crippen LogP contribution in [-0.4, -0.2) is 49.3 Å². The number of nitrogens with zero attached hydrogens (tertiary/aromatic N) is 2. The molecule has 30 heavy (non-hydrogen) atoms. The highest BCUT2D eigenvalue weighted by Gasteiger charge is 2.33. The molecule has 2 amide bonds. The number of amides is 2. The van der Waals surface area contributed by atoms with Crippen molar-refractivity contribution in [1.29, 1.82) is 0 Å². The molecule has 3 N–H and O–H groups in total. The summed E-state index contributed by atoms with van der Waals surface area (Å²) >= 11 is 0. The van der Waals surface area contributed by atoms with E-state index in [1.165, 1.54) is 21.1 Å². The number of sulfonamides is 1. The van der Waals surface area contributed by atoms with Gasteiger partial charge < -0.3 is 20.4 Å². The molecule has 2 aromatic rings. The van der Waals surface area contributed by atoms with Gasteiger partial charge in [0.25, 0.3) is 5.91 Å². The van der Waals surface area contributed by atoms with Crippen molar-refractivity contribution in [3.8, 4) is 5.75 Å². The summed E-state index contributed by atoms with van der Waals surface area (Å²) in [5, 5.41) is 2.91. The van der Waals surface area contributed by atoms with Crippen LogP contribution in [0.25, 0.3) is 0 Å². The van der Waals surface area contributed by atoms with E-state index >= 15 is 0 Å². The first-order valence-electron chi connectivity index (χ1n) is 9.59. The molecule has 1 aliphatic rings. The van der Waals surface area contributed by atoms with E-state index in [0.717, 1.165) is 11.3 Å². The van der Waals surface area contributed by atoms with E-state index in [2.05, 4.69) is 5.32 Å². The second-order valence-corrected chi connectivity index (χ2v) is 9.22. The summed E-state index contributed by atoms with van der Waals surface area (Å²) in [5.74, 6) is -0.267. The summed E-state index contributed by atoms with van der Waals surface area (Å²) in [7, 11) is -0.584. The highest BCUT2D eigenvalue weighted by atomic mass is 32.2. The maximum atomic E-state index is 12.9. The highest BCUT2D eigenvalue weighted by molar-refractivity contribution is 7.89. The van der Waals surface area contributed by atoms with Gasteiger partial charge >= 0.3 is 0 Å². The molecule has 3 rings (SSSR count). The van der Waals surface area contributed by atoms with E-state index < -0.39 is 15.9 Å². The van der Waals surface area contributed by atoms with Crippen LogP contribution in [-0.2, 0) is 28.4 Å². The molecule has 1 aromatic heterocycles. The van der Waals surface area contributed by atoms with Crippen LogP contribution in [0.15, 0.2) is 41.4 Å². The Balaban J connectivity index is 1.56. The highest BCUT2D eigenvalue weighted by Crippen LogP contribution is 2.25. The minimum absolute atomic E-state index is 0.0289. The van der Waals surface area contributed by atoms with Crippen LogP contribution in [0.4, 0.5) is 0 Å². The molecule has 0 unspecified atom stereocenters. The van der Waals surface area contributed by atoms with Crippen LogP contribution < -0.4 is 15.8 Å². The summed E-state index contributed by atoms with van der Waals surface area (Å²) in [6, 6.07) is 8.71. The summed E-state index contributed by atoms with van der Waals surface area (Å²) < 4.78 is 33.6. The molecule has 1 saturated heterocycles. The fraction of sp³-hybridized carbons (Fsp3) is 0.400. The lowest BCUT2D eigenvalue weighted by atomic mass is 9.97. The number of carbonyl (C=O) groups excluding carboxylic acids is 2. The van der Waals surface area contributed by atoms with Crippen molar-refractivity contribution in [2.24, 2.45) is 18.7 Å². The molecule has 10 heteroatoms. The Bertz CT molecular complexity index is 1020. The van der Waals surface area contributed by atoms with Crippen molar-refractivity contribution in [1.82, 2.24) is 14.2 Å². The number of benzene rings is 1. The SMILES string of the molecule is COc1ccc(CNC(=O)C2CCN(S(=O)(=O)c3cc(C(N)=O)n(C)c3)CC2)cc1. The monoisotopic (exact) mass is 434 g/mol. The number of aryl methyl sites for hydroxylation is 1. The molecule has 2 heterocycles. The van der Waals surface area contributed by atoms with Gasteiger partial charge in [-0.1, -0.05) is 12.1 Å². The maximum Gasteiger partial charge on any atom is 0.265 e. The normalized spacial score (nSPS) is 15.7. The number of rotatable bonds is 7. The second-order valence-electron chi connectivity index (χ2n) is 7.28. The molecule has 9 nitrogen and oxygen atoms in total. The van der Waals surface area contributed by atoms with Crippen molar-refractivity contribution >= 4 is 21.8 Å². The topological polar surface area (TPSA) is 124 Å². The zero-order valence-electron chi connectivity index (χ0n) is 17.0. The van der Waals surface area contributed by atoms with Crippen LogP contribution >= 0.6 is 0 Å². The van der Waals surface area contributed by atoms with Gasteiger partial charge in [-0.15, -0.1) is 0 Å². The lowest BCUT2D eigenvalue weighted by Gasteiger charge is -2.30. The Kier molecular flexibility index (Phi) is 6.47. The first kappa shape index (κ1) is 21.8. The first-order chi connectivity index (χ1) is 14.2. The zero-order valence-corrected chi connectivity index (χ0v) is 17.8. The van der Waals surface area contributed by atoms with Crippen LogP contribution in [0.2, 0.25) is 0 Å². The number of ether oxygens (including phenoxy) is 1. The number of hydrogen-bond donors (Lipinski definition) is 2. The van der Waals surface area contributed by atoms with Gasteiger partial charge in [0.2, 0.25) is 15.9 Å². The van der Waals surface area contributed by atoms with Gasteiger partial charge in [0.1, 0.15) is 16.3 Å². The smallest absolute Gasteiger partial charge is 0.265 e. The fourth-order valence-electron chi connectivity index (χ4n) is 3.50. The van der Waals surface area contributed by atoms with Crippen molar-refractivity contribution in [2.75, 3.05) is 20.2 Å². The second kappa shape index (κ2) is 8.88. The van der Waals surface area contributed by atoms with Crippen molar-refractivity contribution < 1.29 is 22.7 Å². The predicted molar refractivity (Wildman–Crippen MR) is 110 cm³/mol. The van der Waals surface area contributed by atoms with Crippen LogP contribution in [0.5, 0.6) is 5.75 Å². The van der Waals surface area contributed by atoms with Crippen molar-refractivity contribution in [3.05, 3.63) is 47.8 Å². The predicted octanol–water partition coefficient (Wildman–Crippen LogP) is 0.850. The first-order valence-corrected chi connectivity index (χ1v) is 11.0. The summed E-state index contributed by atoms with van der Waals surface area (Å²) in [4.78, 5) is 23.9. The van der Waals surface area contributed by atoms with E-state index in [1.807, 2.05) is 24.3 Å². The third kappa shape index (κ3) is 4.65. The largest absolute Gasteiger partial charge is 0.497 e. The number of hydrogen-bond acceptors (Lipinski definition) is 5. The summed E-state index contributed by atoms with van der Waals surface area (Å²) in [6.07, 6.45) is 2.25. The Morgan fingerprint density at radius 1 is 1.20 bits per heavy atom. The number of primary amides is 1. The average Bonchev–Trinajstić information content (AvgIpc) is 3.15. The Labute approximate surface area is 175 Å². The number of nitrogens with two attached hydrogens (primary N) is 1. The van der Waals surface area contributed by atoms with E-state index in [9.17, 15) is 18.0 Å². The third-order valence-electron chi connectivity index (χ3n) is 5.32. The summed E-state index contributed by atoms with van der Waals surface area (Å²) in [5.41, 5.74) is 6.35. The number of piperidine rings is 1. The molecule has 0 aliphatic carbocycles. The van der Waals surface area contributed by atoms with E-state index in [-0.39, 0.29) is 35.5 Å². The van der Waals surface area contributed by atoms with E-state index in [0.29, 0.717) is 19.4 Å². The molecule has 0 atom stereocenters. The lowest BCUT2D eigenvalue weighted by Crippen LogP contribution is -2.42. The lowest BCUT2D eigenvalue weighted by molar-refractivity contribution is -0.126. The number of methoxy groups -OCH3 is 1. The molecule has 1 fully saturated rings. The molecule has 0 spiro atoms. The van der Waals surface area contributed by atoms with Gasteiger partial charge in [0, 0.05) is 38.8 Å². The molecule has 0 saturated carbocycles. The Hall–Kier alpha value is -2.85. The van der Waals surface area contributed by atoms with Crippen molar-refractivity contribution in [2.45, 2.75) is 24.3 Å². The minimum Gasteiger partial charge on any atom is -0.497 e. The quantitative estimate of drug-likeness (QED) is 0.669. The van der Waals surface area contributed by atoms with E-state index in [1.54, 1.807) is 14.2 Å². The number of nitrogens with one attached hydrogen (secondary N) is 1. The Morgan fingerprint density at radius 2 is 1.83 bits per heavy atom. The van der Waals surface area contributed by atoms with Gasteiger partial charge in [-0.2, -0.15) is 4.31 Å². The van der Waals surface area contributed by atoms with E-state index in [4.69, 9.17) is 10.5 Å². The van der Waals surface area contributed by atoms with Gasteiger partial charge in [-0.25, -0.2) is 8.42 Å². The van der Waals surface area contributed by atoms with Gasteiger partial charge in [0.15, 0.2) is 0 Å². The summed E-state index contributed by atoms with van der Waals surface area (Å²) in [6.45, 7) is 0.884. The van der Waals surface area contributed by atoms with Gasteiger partial charge in [0.05, 0.1) is 7.11 Å². The molecule has 0 radical (unpaired) electrons. The van der Waals surface area contributed by atoms with Crippen LogP contribution in [0.3, 0.4) is 0 Å². The molecule has 1 aliphatic heterocycles. The number of carbonyl (C=O) groups is 2. The number of aromatic nitrogens is 1. The zero-order chi connectivity index (χ0) is 21.9. The minimum atomic E-state index is -3.75. The van der Waals surface area contributed by atoms with Crippen LogP contribution in [0, 0.1) is 5.92 Å². The Morgan fingerprint density at radius 3 is 2.37 bits per heavy atom. The molecular weight excluding hydrogens is 408 g/mol. The molecule has 1 aromatic carbocycles. The fourth-order valence-corrected chi connectivity index (χ4v) is 5.05. The standard InChI is InChI=1S/C20H26N4O5S/c1-23-13-17(11-18(23)19(21)25)30(27,28)24-9-7-15(8-10-24)20(26)22-12-14-3-5-16(29-2)6-4-14/h3-6,11,13,15H,7-10,12H2,1-2H3,(H2,21,25)(H,22,26). The van der Waals surface area contributed by atoms with Crippen LogP contribution in [0.1, 0.15) is 28.9 Å². The molecule has 0 bridgehead atoms. The van der Waals surface area contributed by atoms with Crippen molar-refractivity contribution in [3.63, 3.8) is 0 Å². The average molecular weight is 435 g/mol. The molecule has 162 valence electrons. The maximum absolute atomic E-state index is 12.9. The molecular formula is C20H26N4O5S. The van der Waals surface area contributed by atoms with Gasteiger partial charge in [-0.05, 0) is 36.6 Å².